The van der Waals surface area contributed by atoms with Gasteiger partial charge in [-0.3, -0.25) is 0 Å². The van der Waals surface area contributed by atoms with E-state index in [1.54, 1.807) is 30.0 Å². The number of nitrogens with one attached hydrogen (secondary N) is 1. The summed E-state index contributed by atoms with van der Waals surface area (Å²) in [4.78, 5) is 10.5. The standard InChI is InChI=1S/C21H24F2N4O4S/c1-11-16(28)10-27(11)20-24-18(14-5-7-21(22,23)19(14)25-20)12-3-4-13-15(26-32(2,29)30)6-8-31-17(13)9-12/h3-4,9,11,15-16,26,28H,5-8,10H2,1-2H3/t11-,15+,16+/m0/s1. The molecule has 11 heteroatoms. The van der Waals surface area contributed by atoms with Crippen molar-refractivity contribution in [2.75, 3.05) is 24.3 Å². The largest absolute Gasteiger partial charge is 0.493 e. The van der Waals surface area contributed by atoms with Crippen LogP contribution in [0.2, 0.25) is 0 Å². The maximum Gasteiger partial charge on any atom is 0.290 e. The molecule has 0 radical (unpaired) electrons. The van der Waals surface area contributed by atoms with Gasteiger partial charge in [-0.25, -0.2) is 23.1 Å². The van der Waals surface area contributed by atoms with Crippen LogP contribution in [0.4, 0.5) is 14.7 Å². The first-order chi connectivity index (χ1) is 15.0. The van der Waals surface area contributed by atoms with E-state index in [1.807, 2.05) is 0 Å². The second-order valence-electron chi connectivity index (χ2n) is 8.70. The van der Waals surface area contributed by atoms with Crippen molar-refractivity contribution in [1.29, 1.82) is 0 Å². The Morgan fingerprint density at radius 1 is 1.31 bits per heavy atom. The van der Waals surface area contributed by atoms with Gasteiger partial charge in [0.25, 0.3) is 5.92 Å². The number of hydrogen-bond donors (Lipinski definition) is 2. The van der Waals surface area contributed by atoms with Crippen molar-refractivity contribution >= 4 is 16.0 Å². The molecule has 0 bridgehead atoms. The number of aliphatic hydroxyl groups excluding tert-OH is 1. The van der Waals surface area contributed by atoms with Crippen LogP contribution in [0.3, 0.4) is 0 Å². The summed E-state index contributed by atoms with van der Waals surface area (Å²) in [7, 11) is -3.41. The maximum absolute atomic E-state index is 14.6. The molecule has 1 aromatic heterocycles. The minimum Gasteiger partial charge on any atom is -0.493 e. The number of alkyl halides is 2. The summed E-state index contributed by atoms with van der Waals surface area (Å²) in [6.45, 7) is 2.42. The molecular weight excluding hydrogens is 442 g/mol. The lowest BCUT2D eigenvalue weighted by molar-refractivity contribution is -0.00603. The van der Waals surface area contributed by atoms with E-state index in [1.165, 1.54) is 0 Å². The average Bonchev–Trinajstić information content (AvgIpc) is 3.04. The highest BCUT2D eigenvalue weighted by Gasteiger charge is 2.45. The van der Waals surface area contributed by atoms with E-state index in [0.717, 1.165) is 6.26 Å². The second kappa shape index (κ2) is 7.32. The van der Waals surface area contributed by atoms with Crippen LogP contribution in [0.1, 0.15) is 42.6 Å². The van der Waals surface area contributed by atoms with Gasteiger partial charge in [-0.15, -0.1) is 0 Å². The Labute approximate surface area is 184 Å². The van der Waals surface area contributed by atoms with Gasteiger partial charge in [0.05, 0.1) is 36.7 Å². The van der Waals surface area contributed by atoms with Gasteiger partial charge >= 0.3 is 0 Å². The zero-order valence-corrected chi connectivity index (χ0v) is 18.5. The molecule has 2 aliphatic heterocycles. The molecule has 8 nitrogen and oxygen atoms in total. The first-order valence-electron chi connectivity index (χ1n) is 10.5. The van der Waals surface area contributed by atoms with Crippen LogP contribution in [0.25, 0.3) is 11.3 Å². The monoisotopic (exact) mass is 466 g/mol. The highest BCUT2D eigenvalue weighted by Crippen LogP contribution is 2.46. The second-order valence-corrected chi connectivity index (χ2v) is 10.5. The van der Waals surface area contributed by atoms with Gasteiger partial charge in [0.2, 0.25) is 16.0 Å². The van der Waals surface area contributed by atoms with Crippen molar-refractivity contribution < 1.29 is 27.0 Å². The van der Waals surface area contributed by atoms with Crippen LogP contribution in [-0.2, 0) is 22.4 Å². The molecule has 1 saturated heterocycles. The van der Waals surface area contributed by atoms with Gasteiger partial charge in [-0.05, 0) is 19.4 Å². The van der Waals surface area contributed by atoms with Gasteiger partial charge in [-0.2, -0.15) is 8.78 Å². The summed E-state index contributed by atoms with van der Waals surface area (Å²) in [5, 5.41) is 9.86. The fourth-order valence-corrected chi connectivity index (χ4v) is 5.31. The van der Waals surface area contributed by atoms with E-state index >= 15 is 0 Å². The van der Waals surface area contributed by atoms with Crippen molar-refractivity contribution in [3.8, 4) is 17.0 Å². The van der Waals surface area contributed by atoms with E-state index in [2.05, 4.69) is 14.7 Å². The third kappa shape index (κ3) is 3.61. The molecule has 0 amide bonds. The molecule has 3 atom stereocenters. The first-order valence-corrected chi connectivity index (χ1v) is 12.4. The fourth-order valence-electron chi connectivity index (χ4n) is 4.55. The minimum absolute atomic E-state index is 0.159. The van der Waals surface area contributed by atoms with Gasteiger partial charge in [0, 0.05) is 36.1 Å². The molecule has 3 aliphatic rings. The number of nitrogens with zero attached hydrogens (tertiary/aromatic N) is 3. The van der Waals surface area contributed by atoms with E-state index in [4.69, 9.17) is 4.74 Å². The van der Waals surface area contributed by atoms with Crippen molar-refractivity contribution in [1.82, 2.24) is 14.7 Å². The molecule has 2 N–H and O–H groups in total. The molecule has 0 spiro atoms. The number of anilines is 1. The predicted octanol–water partition coefficient (Wildman–Crippen LogP) is 2.12. The third-order valence-corrected chi connectivity index (χ3v) is 7.12. The normalized spacial score (nSPS) is 26.2. The molecule has 32 heavy (non-hydrogen) atoms. The van der Waals surface area contributed by atoms with E-state index in [0.29, 0.717) is 41.2 Å². The van der Waals surface area contributed by atoms with E-state index in [-0.39, 0.29) is 37.1 Å². The summed E-state index contributed by atoms with van der Waals surface area (Å²) < 4.78 is 61.0. The Bertz CT molecular complexity index is 1190. The Morgan fingerprint density at radius 3 is 2.78 bits per heavy atom. The van der Waals surface area contributed by atoms with Gasteiger partial charge in [-0.1, -0.05) is 12.1 Å². The molecule has 1 fully saturated rings. The Morgan fingerprint density at radius 2 is 2.09 bits per heavy atom. The highest BCUT2D eigenvalue weighted by molar-refractivity contribution is 7.88. The smallest absolute Gasteiger partial charge is 0.290 e. The molecule has 0 saturated carbocycles. The highest BCUT2D eigenvalue weighted by atomic mass is 32.2. The number of β-amino-alcohol motifs (C(OH)–C–C–N with tert-alkyl or cyclic N) is 1. The summed E-state index contributed by atoms with van der Waals surface area (Å²) in [6, 6.07) is 4.56. The van der Waals surface area contributed by atoms with Gasteiger partial charge in [0.1, 0.15) is 11.4 Å². The average molecular weight is 467 g/mol. The first kappa shape index (κ1) is 21.5. The van der Waals surface area contributed by atoms with Crippen LogP contribution in [0.15, 0.2) is 18.2 Å². The number of benzene rings is 1. The Balaban J connectivity index is 1.59. The Kier molecular flexibility index (Phi) is 4.91. The predicted molar refractivity (Wildman–Crippen MR) is 113 cm³/mol. The molecule has 3 heterocycles. The molecule has 1 aromatic carbocycles. The maximum atomic E-state index is 14.6. The summed E-state index contributed by atoms with van der Waals surface area (Å²) in [5.41, 5.74) is 1.87. The lowest BCUT2D eigenvalue weighted by Crippen LogP contribution is -2.59. The lowest BCUT2D eigenvalue weighted by Gasteiger charge is -2.43. The van der Waals surface area contributed by atoms with Crippen LogP contribution in [0.5, 0.6) is 5.75 Å². The van der Waals surface area contributed by atoms with Crippen molar-refractivity contribution in [3.05, 3.63) is 35.0 Å². The van der Waals surface area contributed by atoms with Crippen LogP contribution >= 0.6 is 0 Å². The molecular formula is C21H24F2N4O4S. The number of aromatic nitrogens is 2. The van der Waals surface area contributed by atoms with E-state index < -0.39 is 28.1 Å². The van der Waals surface area contributed by atoms with Crippen LogP contribution < -0.4 is 14.4 Å². The molecule has 1 aliphatic carbocycles. The Hall–Kier alpha value is -2.37. The van der Waals surface area contributed by atoms with Crippen molar-refractivity contribution in [2.24, 2.45) is 0 Å². The fraction of sp³-hybridized carbons (Fsp3) is 0.524. The number of hydrogen-bond acceptors (Lipinski definition) is 7. The van der Waals surface area contributed by atoms with Crippen LogP contribution in [0, 0.1) is 0 Å². The summed E-state index contributed by atoms with van der Waals surface area (Å²) in [5.74, 6) is -2.36. The van der Waals surface area contributed by atoms with Gasteiger partial charge in [0.15, 0.2) is 0 Å². The summed E-state index contributed by atoms with van der Waals surface area (Å²) >= 11 is 0. The molecule has 5 rings (SSSR count). The zero-order chi connectivity index (χ0) is 22.8. The lowest BCUT2D eigenvalue weighted by atomic mass is 9.97. The molecule has 172 valence electrons. The number of rotatable bonds is 4. The number of ether oxygens (including phenoxy) is 1. The van der Waals surface area contributed by atoms with Crippen LogP contribution in [-0.4, -0.2) is 55.0 Å². The SMILES string of the molecule is C[C@H]1[C@H](O)CN1c1nc(-c2ccc3c(c2)OCC[C@H]3NS(C)(=O)=O)c2c(n1)C(F)(F)CC2. The molecule has 0 unspecified atom stereocenters. The molecule has 2 aromatic rings. The number of aliphatic hydroxyl groups is 1. The van der Waals surface area contributed by atoms with Gasteiger partial charge < -0.3 is 14.7 Å². The van der Waals surface area contributed by atoms with Crippen molar-refractivity contribution in [2.45, 2.75) is 50.3 Å². The quantitative estimate of drug-likeness (QED) is 0.711. The number of fused-ring (bicyclic) bond motifs is 2. The number of sulfonamides is 1. The summed E-state index contributed by atoms with van der Waals surface area (Å²) in [6.07, 6.45) is 0.885. The van der Waals surface area contributed by atoms with Crippen molar-refractivity contribution in [3.63, 3.8) is 0 Å². The minimum atomic E-state index is -3.41. The zero-order valence-electron chi connectivity index (χ0n) is 17.7. The third-order valence-electron chi connectivity index (χ3n) is 6.40. The topological polar surface area (TPSA) is 105 Å². The number of halogens is 2. The van der Waals surface area contributed by atoms with E-state index in [9.17, 15) is 22.3 Å².